The SMILES string of the molecule is CCC1NCCN(CC(=O)Nc2ccc(Cl)cc2)C1=O. The van der Waals surface area contributed by atoms with Crippen LogP contribution in [0.4, 0.5) is 5.69 Å². The third-order valence-corrected chi connectivity index (χ3v) is 3.50. The Balaban J connectivity index is 1.90. The molecule has 1 aromatic carbocycles. The topological polar surface area (TPSA) is 61.4 Å². The largest absolute Gasteiger partial charge is 0.331 e. The van der Waals surface area contributed by atoms with Crippen LogP contribution in [-0.4, -0.2) is 42.4 Å². The average molecular weight is 296 g/mol. The predicted octanol–water partition coefficient (Wildman–Crippen LogP) is 1.49. The number of halogens is 1. The van der Waals surface area contributed by atoms with Gasteiger partial charge >= 0.3 is 0 Å². The molecule has 0 bridgehead atoms. The molecule has 0 spiro atoms. The van der Waals surface area contributed by atoms with E-state index in [0.29, 0.717) is 17.3 Å². The van der Waals surface area contributed by atoms with E-state index in [4.69, 9.17) is 11.6 Å². The van der Waals surface area contributed by atoms with Crippen molar-refractivity contribution in [1.29, 1.82) is 0 Å². The van der Waals surface area contributed by atoms with Crippen LogP contribution in [0.3, 0.4) is 0 Å². The summed E-state index contributed by atoms with van der Waals surface area (Å²) in [5.74, 6) is -0.206. The molecule has 2 N–H and O–H groups in total. The minimum Gasteiger partial charge on any atom is -0.331 e. The van der Waals surface area contributed by atoms with E-state index in [2.05, 4.69) is 10.6 Å². The lowest BCUT2D eigenvalue weighted by Gasteiger charge is -2.32. The van der Waals surface area contributed by atoms with Crippen molar-refractivity contribution in [3.8, 4) is 0 Å². The van der Waals surface area contributed by atoms with E-state index in [1.807, 2.05) is 6.92 Å². The molecule has 1 saturated heterocycles. The number of carbonyl (C=O) groups is 2. The number of carbonyl (C=O) groups excluding carboxylic acids is 2. The lowest BCUT2D eigenvalue weighted by atomic mass is 10.1. The Labute approximate surface area is 123 Å². The summed E-state index contributed by atoms with van der Waals surface area (Å²) in [6.07, 6.45) is 0.730. The second-order valence-corrected chi connectivity index (χ2v) is 5.17. The fourth-order valence-corrected chi connectivity index (χ4v) is 2.30. The van der Waals surface area contributed by atoms with Crippen LogP contribution in [0.5, 0.6) is 0 Å². The maximum atomic E-state index is 12.1. The highest BCUT2D eigenvalue weighted by Crippen LogP contribution is 2.13. The van der Waals surface area contributed by atoms with Gasteiger partial charge in [-0.05, 0) is 30.7 Å². The third-order valence-electron chi connectivity index (χ3n) is 3.25. The second kappa shape index (κ2) is 6.72. The molecule has 1 atom stereocenters. The van der Waals surface area contributed by atoms with Crippen LogP contribution in [0, 0.1) is 0 Å². The molecule has 2 rings (SSSR count). The monoisotopic (exact) mass is 295 g/mol. The van der Waals surface area contributed by atoms with Gasteiger partial charge in [-0.1, -0.05) is 18.5 Å². The summed E-state index contributed by atoms with van der Waals surface area (Å²) in [7, 11) is 0. The van der Waals surface area contributed by atoms with Crippen LogP contribution in [0.2, 0.25) is 5.02 Å². The molecular formula is C14H18ClN3O2. The molecule has 1 heterocycles. The van der Waals surface area contributed by atoms with E-state index in [0.717, 1.165) is 13.0 Å². The van der Waals surface area contributed by atoms with E-state index in [9.17, 15) is 9.59 Å². The molecule has 1 aliphatic heterocycles. The van der Waals surface area contributed by atoms with E-state index >= 15 is 0 Å². The molecule has 2 amide bonds. The molecule has 1 aromatic rings. The first-order valence-corrected chi connectivity index (χ1v) is 7.05. The van der Waals surface area contributed by atoms with E-state index in [1.54, 1.807) is 29.2 Å². The molecule has 0 aromatic heterocycles. The zero-order valence-corrected chi connectivity index (χ0v) is 12.1. The maximum absolute atomic E-state index is 12.1. The normalized spacial score (nSPS) is 19.0. The zero-order chi connectivity index (χ0) is 14.5. The van der Waals surface area contributed by atoms with Gasteiger partial charge in [0.1, 0.15) is 0 Å². The Hall–Kier alpha value is -1.59. The highest BCUT2D eigenvalue weighted by Gasteiger charge is 2.27. The zero-order valence-electron chi connectivity index (χ0n) is 11.4. The summed E-state index contributed by atoms with van der Waals surface area (Å²) >= 11 is 5.78. The molecule has 6 heteroatoms. The van der Waals surface area contributed by atoms with Crippen LogP contribution >= 0.6 is 11.6 Å². The molecule has 108 valence electrons. The average Bonchev–Trinajstić information content (AvgIpc) is 2.44. The number of amides is 2. The van der Waals surface area contributed by atoms with Gasteiger partial charge < -0.3 is 15.5 Å². The Morgan fingerprint density at radius 2 is 2.15 bits per heavy atom. The summed E-state index contributed by atoms with van der Waals surface area (Å²) in [6.45, 7) is 3.31. The minimum absolute atomic E-state index is 0.00925. The molecule has 1 aliphatic rings. The molecule has 1 fully saturated rings. The van der Waals surface area contributed by atoms with Crippen LogP contribution in [0.1, 0.15) is 13.3 Å². The molecule has 0 radical (unpaired) electrons. The first-order chi connectivity index (χ1) is 9.60. The molecule has 1 unspecified atom stereocenters. The van der Waals surface area contributed by atoms with E-state index in [-0.39, 0.29) is 24.4 Å². The van der Waals surface area contributed by atoms with Crippen LogP contribution in [-0.2, 0) is 9.59 Å². The van der Waals surface area contributed by atoms with Gasteiger partial charge in [-0.15, -0.1) is 0 Å². The van der Waals surface area contributed by atoms with Crippen molar-refractivity contribution >= 4 is 29.1 Å². The molecule has 5 nitrogen and oxygen atoms in total. The summed E-state index contributed by atoms with van der Waals surface area (Å²) in [4.78, 5) is 25.6. The predicted molar refractivity (Wildman–Crippen MR) is 78.7 cm³/mol. The molecular weight excluding hydrogens is 278 g/mol. The van der Waals surface area contributed by atoms with Gasteiger partial charge in [0.2, 0.25) is 11.8 Å². The number of piperazine rings is 1. The first kappa shape index (κ1) is 14.8. The highest BCUT2D eigenvalue weighted by atomic mass is 35.5. The van der Waals surface area contributed by atoms with Gasteiger partial charge in [0, 0.05) is 23.8 Å². The lowest BCUT2D eigenvalue weighted by Crippen LogP contribution is -2.56. The number of benzene rings is 1. The lowest BCUT2D eigenvalue weighted by molar-refractivity contribution is -0.138. The summed E-state index contributed by atoms with van der Waals surface area (Å²) < 4.78 is 0. The van der Waals surface area contributed by atoms with Crippen molar-refractivity contribution in [1.82, 2.24) is 10.2 Å². The second-order valence-electron chi connectivity index (χ2n) is 4.73. The Morgan fingerprint density at radius 1 is 1.45 bits per heavy atom. The number of hydrogen-bond donors (Lipinski definition) is 2. The number of nitrogens with one attached hydrogen (secondary N) is 2. The van der Waals surface area contributed by atoms with Gasteiger partial charge in [-0.3, -0.25) is 9.59 Å². The summed E-state index contributed by atoms with van der Waals surface area (Å²) in [5, 5.41) is 6.51. The minimum atomic E-state index is -0.197. The highest BCUT2D eigenvalue weighted by molar-refractivity contribution is 6.30. The van der Waals surface area contributed by atoms with Gasteiger partial charge in [0.25, 0.3) is 0 Å². The van der Waals surface area contributed by atoms with Gasteiger partial charge in [0.15, 0.2) is 0 Å². The first-order valence-electron chi connectivity index (χ1n) is 6.67. The number of nitrogens with zero attached hydrogens (tertiary/aromatic N) is 1. The fraction of sp³-hybridized carbons (Fsp3) is 0.429. The molecule has 0 saturated carbocycles. The number of anilines is 1. The van der Waals surface area contributed by atoms with Crippen molar-refractivity contribution in [2.24, 2.45) is 0 Å². The third kappa shape index (κ3) is 3.71. The Morgan fingerprint density at radius 3 is 2.80 bits per heavy atom. The van der Waals surface area contributed by atoms with Crippen molar-refractivity contribution in [2.45, 2.75) is 19.4 Å². The Bertz CT molecular complexity index is 490. The van der Waals surface area contributed by atoms with E-state index in [1.165, 1.54) is 0 Å². The Kier molecular flexibility index (Phi) is 4.98. The summed E-state index contributed by atoms with van der Waals surface area (Å²) in [5.41, 5.74) is 0.675. The van der Waals surface area contributed by atoms with Crippen LogP contribution in [0.15, 0.2) is 24.3 Å². The standard InChI is InChI=1S/C14H18ClN3O2/c1-2-12-14(20)18(8-7-16-12)9-13(19)17-11-5-3-10(15)4-6-11/h3-6,12,16H,2,7-9H2,1H3,(H,17,19). The van der Waals surface area contributed by atoms with Crippen molar-refractivity contribution in [3.05, 3.63) is 29.3 Å². The summed E-state index contributed by atoms with van der Waals surface area (Å²) in [6, 6.07) is 6.70. The van der Waals surface area contributed by atoms with Crippen molar-refractivity contribution in [2.75, 3.05) is 25.0 Å². The maximum Gasteiger partial charge on any atom is 0.243 e. The number of rotatable bonds is 4. The van der Waals surface area contributed by atoms with E-state index < -0.39 is 0 Å². The molecule has 0 aliphatic carbocycles. The van der Waals surface area contributed by atoms with Crippen molar-refractivity contribution in [3.63, 3.8) is 0 Å². The van der Waals surface area contributed by atoms with Crippen LogP contribution in [0.25, 0.3) is 0 Å². The quantitative estimate of drug-likeness (QED) is 0.885. The fourth-order valence-electron chi connectivity index (χ4n) is 2.17. The smallest absolute Gasteiger partial charge is 0.243 e. The van der Waals surface area contributed by atoms with Gasteiger partial charge in [-0.2, -0.15) is 0 Å². The molecule has 20 heavy (non-hydrogen) atoms. The number of hydrogen-bond acceptors (Lipinski definition) is 3. The van der Waals surface area contributed by atoms with Gasteiger partial charge in [-0.25, -0.2) is 0 Å². The van der Waals surface area contributed by atoms with Crippen LogP contribution < -0.4 is 10.6 Å². The van der Waals surface area contributed by atoms with Crippen molar-refractivity contribution < 1.29 is 9.59 Å². The van der Waals surface area contributed by atoms with Gasteiger partial charge in [0.05, 0.1) is 12.6 Å².